The molecular formula is C8H12N2O2. The van der Waals surface area contributed by atoms with Gasteiger partial charge in [-0.1, -0.05) is 0 Å². The number of nitrogens with one attached hydrogen (secondary N) is 1. The average molecular weight is 168 g/mol. The van der Waals surface area contributed by atoms with Crippen molar-refractivity contribution < 1.29 is 9.53 Å². The van der Waals surface area contributed by atoms with Crippen LogP contribution in [0, 0.1) is 0 Å². The molecule has 12 heavy (non-hydrogen) atoms. The molecule has 4 saturated heterocycles. The van der Waals surface area contributed by atoms with Crippen LogP contribution in [-0.2, 0) is 9.53 Å². The summed E-state index contributed by atoms with van der Waals surface area (Å²) >= 11 is 0. The second-order valence-corrected chi connectivity index (χ2v) is 3.83. The highest BCUT2D eigenvalue weighted by atomic mass is 16.5. The lowest BCUT2D eigenvalue weighted by Gasteiger charge is -2.51. The van der Waals surface area contributed by atoms with E-state index in [1.807, 2.05) is 4.90 Å². The minimum absolute atomic E-state index is 0.129. The minimum Gasteiger partial charge on any atom is -0.377 e. The first-order valence-electron chi connectivity index (χ1n) is 4.49. The second kappa shape index (κ2) is 2.20. The zero-order chi connectivity index (χ0) is 8.13. The molecule has 4 heteroatoms. The fourth-order valence-electron chi connectivity index (χ4n) is 2.10. The van der Waals surface area contributed by atoms with Crippen LogP contribution in [0.1, 0.15) is 6.42 Å². The first-order valence-corrected chi connectivity index (χ1v) is 4.49. The standard InChI is InChI=1S/C8H12N2O2/c11-8-7-1-5(9-7)2-10(8)6-3-12-4-6/h5-7,9H,1-4H2/t5-,7+/m1/s1. The van der Waals surface area contributed by atoms with Crippen LogP contribution in [0.4, 0.5) is 0 Å². The lowest BCUT2D eigenvalue weighted by atomic mass is 9.89. The Morgan fingerprint density at radius 3 is 2.75 bits per heavy atom. The van der Waals surface area contributed by atoms with Gasteiger partial charge in [-0.3, -0.25) is 4.79 Å². The van der Waals surface area contributed by atoms with Gasteiger partial charge in [-0.25, -0.2) is 0 Å². The molecule has 4 fully saturated rings. The largest absolute Gasteiger partial charge is 0.377 e. The highest BCUT2D eigenvalue weighted by Gasteiger charge is 2.46. The second-order valence-electron chi connectivity index (χ2n) is 3.83. The van der Waals surface area contributed by atoms with Crippen LogP contribution in [0.3, 0.4) is 0 Å². The first kappa shape index (κ1) is 6.86. The lowest BCUT2D eigenvalue weighted by Crippen LogP contribution is -2.73. The summed E-state index contributed by atoms with van der Waals surface area (Å²) in [7, 11) is 0. The monoisotopic (exact) mass is 168 g/mol. The van der Waals surface area contributed by atoms with Crippen LogP contribution in [0.25, 0.3) is 0 Å². The van der Waals surface area contributed by atoms with E-state index in [0.29, 0.717) is 12.1 Å². The third kappa shape index (κ3) is 0.765. The van der Waals surface area contributed by atoms with E-state index < -0.39 is 0 Å². The summed E-state index contributed by atoms with van der Waals surface area (Å²) in [6, 6.07) is 1.07. The molecule has 2 atom stereocenters. The van der Waals surface area contributed by atoms with Gasteiger partial charge in [0.1, 0.15) is 0 Å². The molecular weight excluding hydrogens is 156 g/mol. The van der Waals surface area contributed by atoms with Gasteiger partial charge in [0.25, 0.3) is 0 Å². The molecule has 1 N–H and O–H groups in total. The van der Waals surface area contributed by atoms with E-state index in [-0.39, 0.29) is 11.9 Å². The SMILES string of the molecule is O=C1[C@@H]2C[C@H](CN1C1COC1)N2. The van der Waals surface area contributed by atoms with E-state index in [1.54, 1.807) is 0 Å². The first-order chi connectivity index (χ1) is 5.84. The topological polar surface area (TPSA) is 41.6 Å². The molecule has 4 nitrogen and oxygen atoms in total. The van der Waals surface area contributed by atoms with Crippen molar-refractivity contribution in [3.05, 3.63) is 0 Å². The number of piperazine rings is 1. The van der Waals surface area contributed by atoms with Gasteiger partial charge in [-0.05, 0) is 6.42 Å². The predicted molar refractivity (Wildman–Crippen MR) is 41.6 cm³/mol. The van der Waals surface area contributed by atoms with Gasteiger partial charge in [0.05, 0.1) is 25.3 Å². The van der Waals surface area contributed by atoms with Gasteiger partial charge < -0.3 is 15.0 Å². The van der Waals surface area contributed by atoms with Crippen LogP contribution in [0.2, 0.25) is 0 Å². The minimum atomic E-state index is 0.129. The molecule has 0 aromatic carbocycles. The van der Waals surface area contributed by atoms with Crippen molar-refractivity contribution in [2.24, 2.45) is 0 Å². The maximum Gasteiger partial charge on any atom is 0.240 e. The van der Waals surface area contributed by atoms with Crippen LogP contribution in [-0.4, -0.2) is 48.7 Å². The van der Waals surface area contributed by atoms with E-state index in [2.05, 4.69) is 5.32 Å². The third-order valence-corrected chi connectivity index (χ3v) is 3.02. The summed E-state index contributed by atoms with van der Waals surface area (Å²) in [4.78, 5) is 13.6. The Hall–Kier alpha value is -0.610. The quantitative estimate of drug-likeness (QED) is 0.543. The van der Waals surface area contributed by atoms with Crippen molar-refractivity contribution in [1.82, 2.24) is 10.2 Å². The van der Waals surface area contributed by atoms with Crippen molar-refractivity contribution in [2.75, 3.05) is 19.8 Å². The molecule has 4 aliphatic rings. The molecule has 66 valence electrons. The number of amides is 1. The molecule has 4 rings (SSSR count). The van der Waals surface area contributed by atoms with Gasteiger partial charge in [-0.15, -0.1) is 0 Å². The number of ether oxygens (including phenoxy) is 1. The van der Waals surface area contributed by atoms with Crippen LogP contribution in [0.5, 0.6) is 0 Å². The van der Waals surface area contributed by atoms with E-state index in [9.17, 15) is 4.79 Å². The Morgan fingerprint density at radius 2 is 2.25 bits per heavy atom. The van der Waals surface area contributed by atoms with Crippen molar-refractivity contribution in [3.8, 4) is 0 Å². The average Bonchev–Trinajstić information content (AvgIpc) is 1.85. The number of piperidine rings is 1. The molecule has 2 bridgehead atoms. The Balaban J connectivity index is 1.74. The maximum absolute atomic E-state index is 11.6. The highest BCUT2D eigenvalue weighted by molar-refractivity contribution is 5.85. The summed E-state index contributed by atoms with van der Waals surface area (Å²) in [5.74, 6) is 0.283. The van der Waals surface area contributed by atoms with Gasteiger partial charge in [-0.2, -0.15) is 0 Å². The molecule has 0 aromatic rings. The van der Waals surface area contributed by atoms with Crippen molar-refractivity contribution >= 4 is 5.91 Å². The molecule has 0 unspecified atom stereocenters. The molecule has 4 aliphatic heterocycles. The highest BCUT2D eigenvalue weighted by Crippen LogP contribution is 2.25. The molecule has 1 amide bonds. The molecule has 0 saturated carbocycles. The Labute approximate surface area is 70.9 Å². The summed E-state index contributed by atoms with van der Waals surface area (Å²) < 4.78 is 5.07. The van der Waals surface area contributed by atoms with Crippen LogP contribution < -0.4 is 5.32 Å². The summed E-state index contributed by atoms with van der Waals surface area (Å²) in [6.45, 7) is 2.37. The van der Waals surface area contributed by atoms with E-state index >= 15 is 0 Å². The summed E-state index contributed by atoms with van der Waals surface area (Å²) in [5, 5.41) is 3.23. The van der Waals surface area contributed by atoms with Crippen LogP contribution in [0.15, 0.2) is 0 Å². The van der Waals surface area contributed by atoms with E-state index in [4.69, 9.17) is 4.74 Å². The van der Waals surface area contributed by atoms with Gasteiger partial charge in [0.15, 0.2) is 0 Å². The molecule has 0 spiro atoms. The summed E-state index contributed by atoms with van der Waals surface area (Å²) in [5.41, 5.74) is 0. The summed E-state index contributed by atoms with van der Waals surface area (Å²) in [6.07, 6.45) is 1.04. The maximum atomic E-state index is 11.6. The fourth-order valence-corrected chi connectivity index (χ4v) is 2.10. The predicted octanol–water partition coefficient (Wildman–Crippen LogP) is -1.04. The number of nitrogens with zero attached hydrogens (tertiary/aromatic N) is 1. The zero-order valence-corrected chi connectivity index (χ0v) is 6.82. The number of fused-ring (bicyclic) bond motifs is 2. The van der Waals surface area contributed by atoms with Crippen LogP contribution >= 0.6 is 0 Å². The molecule has 4 heterocycles. The Bertz CT molecular complexity index is 221. The lowest BCUT2D eigenvalue weighted by molar-refractivity contribution is -0.158. The van der Waals surface area contributed by atoms with Crippen molar-refractivity contribution in [3.63, 3.8) is 0 Å². The Kier molecular flexibility index (Phi) is 1.26. The smallest absolute Gasteiger partial charge is 0.240 e. The molecule has 0 radical (unpaired) electrons. The fraction of sp³-hybridized carbons (Fsp3) is 0.875. The van der Waals surface area contributed by atoms with Gasteiger partial charge in [0.2, 0.25) is 5.91 Å². The number of carbonyl (C=O) groups is 1. The number of rotatable bonds is 1. The van der Waals surface area contributed by atoms with Gasteiger partial charge >= 0.3 is 0 Å². The van der Waals surface area contributed by atoms with E-state index in [1.165, 1.54) is 0 Å². The normalized spacial score (nSPS) is 40.7. The molecule has 0 aromatic heterocycles. The van der Waals surface area contributed by atoms with Crippen molar-refractivity contribution in [1.29, 1.82) is 0 Å². The van der Waals surface area contributed by atoms with Crippen molar-refractivity contribution in [2.45, 2.75) is 24.5 Å². The molecule has 0 aliphatic carbocycles. The number of hydrogen-bond donors (Lipinski definition) is 1. The number of carbonyl (C=O) groups excluding carboxylic acids is 1. The Morgan fingerprint density at radius 1 is 1.50 bits per heavy atom. The van der Waals surface area contributed by atoms with Gasteiger partial charge in [0, 0.05) is 12.6 Å². The van der Waals surface area contributed by atoms with E-state index in [0.717, 1.165) is 26.2 Å². The number of hydrogen-bond acceptors (Lipinski definition) is 3. The zero-order valence-electron chi connectivity index (χ0n) is 6.82. The third-order valence-electron chi connectivity index (χ3n) is 3.02.